The van der Waals surface area contributed by atoms with Crippen LogP contribution in [0.25, 0.3) is 0 Å². The quantitative estimate of drug-likeness (QED) is 0.330. The van der Waals surface area contributed by atoms with E-state index in [0.717, 1.165) is 12.3 Å². The molecule has 11 heteroatoms. The lowest BCUT2D eigenvalue weighted by Gasteiger charge is -2.32. The van der Waals surface area contributed by atoms with Crippen LogP contribution in [0.3, 0.4) is 0 Å². The first-order valence-corrected chi connectivity index (χ1v) is 13.2. The third-order valence-electron chi connectivity index (χ3n) is 7.65. The van der Waals surface area contributed by atoms with E-state index < -0.39 is 36.0 Å². The number of hydrogen-bond acceptors (Lipinski definition) is 4. The van der Waals surface area contributed by atoms with E-state index in [9.17, 15) is 32.3 Å². The highest BCUT2D eigenvalue weighted by Gasteiger charge is 2.51. The normalized spacial score (nSPS) is 22.6. The molecule has 5 rings (SSSR count). The fraction of sp³-hybridized carbons (Fsp3) is 0.345. The van der Waals surface area contributed by atoms with Crippen molar-refractivity contribution in [3.63, 3.8) is 0 Å². The van der Waals surface area contributed by atoms with Gasteiger partial charge in [-0.3, -0.25) is 14.6 Å². The summed E-state index contributed by atoms with van der Waals surface area (Å²) in [6, 6.07) is 12.9. The number of anilines is 1. The summed E-state index contributed by atoms with van der Waals surface area (Å²) in [6.45, 7) is 0.293. The minimum absolute atomic E-state index is 0.0318. The average molecular weight is 576 g/mol. The molecule has 0 bridgehead atoms. The van der Waals surface area contributed by atoms with Crippen molar-refractivity contribution in [2.24, 2.45) is 5.92 Å². The van der Waals surface area contributed by atoms with Crippen LogP contribution in [-0.2, 0) is 10.4 Å². The second-order valence-electron chi connectivity index (χ2n) is 10.1. The van der Waals surface area contributed by atoms with Crippen LogP contribution < -0.4 is 10.2 Å². The second kappa shape index (κ2) is 11.2. The van der Waals surface area contributed by atoms with Gasteiger partial charge in [-0.25, -0.2) is 17.6 Å². The Kier molecular flexibility index (Phi) is 7.83. The van der Waals surface area contributed by atoms with Gasteiger partial charge in [0.2, 0.25) is 0 Å². The molecule has 0 radical (unpaired) electrons. The maximum Gasteiger partial charge on any atom is 0.281 e. The van der Waals surface area contributed by atoms with Gasteiger partial charge in [0, 0.05) is 29.9 Å². The van der Waals surface area contributed by atoms with Gasteiger partial charge in [0.25, 0.3) is 24.7 Å². The zero-order valence-corrected chi connectivity index (χ0v) is 21.9. The first kappa shape index (κ1) is 28.0. The molecule has 2 N–H and O–H groups in total. The van der Waals surface area contributed by atoms with Crippen LogP contribution in [0.5, 0.6) is 0 Å². The SMILES string of the molecule is O=C(N[C@H]1CC[C@H](CN2C(=O)C(O)(c3cccc(C(F)F)c3)c3ccccc32)CC1)c1cc(Cl)cnc1C(F)F. The van der Waals surface area contributed by atoms with E-state index in [0.29, 0.717) is 43.5 Å². The number of carbonyl (C=O) groups excluding carboxylic acids is 2. The number of carbonyl (C=O) groups is 2. The highest BCUT2D eigenvalue weighted by atomic mass is 35.5. The van der Waals surface area contributed by atoms with Crippen LogP contribution in [0.15, 0.2) is 60.8 Å². The lowest BCUT2D eigenvalue weighted by atomic mass is 9.85. The Morgan fingerprint density at radius 3 is 2.48 bits per heavy atom. The molecule has 1 aliphatic heterocycles. The molecule has 0 saturated heterocycles. The number of nitrogens with one attached hydrogen (secondary N) is 1. The Morgan fingerprint density at radius 1 is 1.05 bits per heavy atom. The number of aliphatic hydroxyl groups is 1. The summed E-state index contributed by atoms with van der Waals surface area (Å²) in [4.78, 5) is 31.5. The fourth-order valence-corrected chi connectivity index (χ4v) is 5.77. The van der Waals surface area contributed by atoms with Crippen LogP contribution in [0.4, 0.5) is 23.2 Å². The van der Waals surface area contributed by atoms with Crippen molar-refractivity contribution in [1.29, 1.82) is 0 Å². The number of fused-ring (bicyclic) bond motifs is 1. The van der Waals surface area contributed by atoms with Crippen LogP contribution in [0.1, 0.15) is 71.3 Å². The Hall–Kier alpha value is -3.50. The molecular formula is C29H26ClF4N3O3. The molecule has 210 valence electrons. The van der Waals surface area contributed by atoms with Crippen molar-refractivity contribution in [3.05, 3.63) is 93.8 Å². The van der Waals surface area contributed by atoms with Crippen LogP contribution in [-0.4, -0.2) is 34.5 Å². The predicted molar refractivity (Wildman–Crippen MR) is 141 cm³/mol. The monoisotopic (exact) mass is 575 g/mol. The Labute approximate surface area is 233 Å². The van der Waals surface area contributed by atoms with Crippen molar-refractivity contribution in [2.75, 3.05) is 11.4 Å². The highest BCUT2D eigenvalue weighted by Crippen LogP contribution is 2.45. The lowest BCUT2D eigenvalue weighted by molar-refractivity contribution is -0.132. The number of benzene rings is 2. The van der Waals surface area contributed by atoms with Crippen molar-refractivity contribution in [3.8, 4) is 0 Å². The maximum atomic E-state index is 13.7. The lowest BCUT2D eigenvalue weighted by Crippen LogP contribution is -2.44. The number of pyridine rings is 1. The van der Waals surface area contributed by atoms with E-state index in [1.165, 1.54) is 29.2 Å². The summed E-state index contributed by atoms with van der Waals surface area (Å²) in [5.74, 6) is -1.25. The van der Waals surface area contributed by atoms with Crippen LogP contribution in [0, 0.1) is 5.92 Å². The summed E-state index contributed by atoms with van der Waals surface area (Å²) in [6.07, 6.45) is -2.24. The Balaban J connectivity index is 1.28. The predicted octanol–water partition coefficient (Wildman–Crippen LogP) is 6.18. The summed E-state index contributed by atoms with van der Waals surface area (Å²) in [5, 5.41) is 14.5. The van der Waals surface area contributed by atoms with Crippen LogP contribution >= 0.6 is 11.6 Å². The standard InChI is InChI=1S/C29H26ClF4N3O3/c30-19-13-21(24(26(33)34)35-14-19)27(38)36-20-10-8-16(9-11-20)15-37-23-7-2-1-6-22(23)29(40,28(37)39)18-5-3-4-17(12-18)25(31)32/h1-7,12-14,16,20,25-26,40H,8-11,15H2,(H,36,38)/t16-,20-,29?. The van der Waals surface area contributed by atoms with Crippen molar-refractivity contribution < 1.29 is 32.3 Å². The molecule has 1 fully saturated rings. The van der Waals surface area contributed by atoms with Gasteiger partial charge in [0.1, 0.15) is 5.69 Å². The molecule has 2 heterocycles. The van der Waals surface area contributed by atoms with Gasteiger partial charge in [-0.2, -0.15) is 0 Å². The molecule has 1 aromatic heterocycles. The average Bonchev–Trinajstić information content (AvgIpc) is 3.16. The smallest absolute Gasteiger partial charge is 0.281 e. The van der Waals surface area contributed by atoms with Crippen molar-refractivity contribution in [2.45, 2.75) is 50.2 Å². The Morgan fingerprint density at radius 2 is 1.77 bits per heavy atom. The van der Waals surface area contributed by atoms with E-state index in [-0.39, 0.29) is 33.7 Å². The molecule has 40 heavy (non-hydrogen) atoms. The molecule has 2 amide bonds. The van der Waals surface area contributed by atoms with Crippen molar-refractivity contribution in [1.82, 2.24) is 10.3 Å². The Bertz CT molecular complexity index is 1430. The second-order valence-corrected chi connectivity index (χ2v) is 10.6. The number of amides is 2. The summed E-state index contributed by atoms with van der Waals surface area (Å²) in [7, 11) is 0. The van der Waals surface area contributed by atoms with E-state index in [1.54, 1.807) is 24.3 Å². The molecule has 2 aromatic carbocycles. The molecule has 2 aliphatic rings. The van der Waals surface area contributed by atoms with Gasteiger partial charge < -0.3 is 15.3 Å². The first-order chi connectivity index (χ1) is 19.1. The van der Waals surface area contributed by atoms with Gasteiger partial charge in [-0.05, 0) is 55.4 Å². The summed E-state index contributed by atoms with van der Waals surface area (Å²) >= 11 is 5.87. The van der Waals surface area contributed by atoms with Gasteiger partial charge >= 0.3 is 0 Å². The van der Waals surface area contributed by atoms with E-state index in [4.69, 9.17) is 11.6 Å². The molecule has 3 aromatic rings. The molecule has 1 unspecified atom stereocenters. The zero-order chi connectivity index (χ0) is 28.6. The largest absolute Gasteiger partial charge is 0.372 e. The maximum absolute atomic E-state index is 13.7. The third kappa shape index (κ3) is 5.17. The van der Waals surface area contributed by atoms with E-state index in [2.05, 4.69) is 10.3 Å². The number of rotatable bonds is 7. The van der Waals surface area contributed by atoms with Gasteiger partial charge in [-0.15, -0.1) is 0 Å². The molecule has 1 atom stereocenters. The van der Waals surface area contributed by atoms with Crippen molar-refractivity contribution >= 4 is 29.1 Å². The molecule has 0 spiro atoms. The number of para-hydroxylation sites is 1. The summed E-state index contributed by atoms with van der Waals surface area (Å²) < 4.78 is 53.4. The summed E-state index contributed by atoms with van der Waals surface area (Å²) in [5.41, 5.74) is -2.36. The zero-order valence-electron chi connectivity index (χ0n) is 21.2. The highest BCUT2D eigenvalue weighted by molar-refractivity contribution is 6.30. The topological polar surface area (TPSA) is 82.5 Å². The number of nitrogens with zero attached hydrogens (tertiary/aromatic N) is 2. The van der Waals surface area contributed by atoms with E-state index in [1.807, 2.05) is 0 Å². The number of halogens is 5. The number of hydrogen-bond donors (Lipinski definition) is 2. The molecule has 1 saturated carbocycles. The fourth-order valence-electron chi connectivity index (χ4n) is 5.61. The number of aromatic nitrogens is 1. The van der Waals surface area contributed by atoms with Gasteiger partial charge in [0.15, 0.2) is 5.60 Å². The first-order valence-electron chi connectivity index (χ1n) is 12.9. The molecule has 1 aliphatic carbocycles. The minimum Gasteiger partial charge on any atom is -0.372 e. The van der Waals surface area contributed by atoms with Gasteiger partial charge in [-0.1, -0.05) is 48.0 Å². The molecular weight excluding hydrogens is 550 g/mol. The van der Waals surface area contributed by atoms with Crippen LogP contribution in [0.2, 0.25) is 5.02 Å². The minimum atomic E-state index is -2.92. The van der Waals surface area contributed by atoms with E-state index >= 15 is 0 Å². The molecule has 6 nitrogen and oxygen atoms in total. The third-order valence-corrected chi connectivity index (χ3v) is 7.86. The van der Waals surface area contributed by atoms with Gasteiger partial charge in [0.05, 0.1) is 16.3 Å². The number of alkyl halides is 4.